The number of rotatable bonds is 3. The van der Waals surface area contributed by atoms with Crippen molar-refractivity contribution in [2.75, 3.05) is 7.11 Å². The number of hydrogen-bond donors (Lipinski definition) is 0. The highest BCUT2D eigenvalue weighted by atomic mass is 35.5. The lowest BCUT2D eigenvalue weighted by molar-refractivity contribution is 0.0593. The van der Waals surface area contributed by atoms with Crippen LogP contribution in [0.2, 0.25) is 5.02 Å². The second-order valence-electron chi connectivity index (χ2n) is 4.70. The van der Waals surface area contributed by atoms with E-state index in [0.29, 0.717) is 5.69 Å². The SMILES string of the molecule is COC(=O)c1nn(-c2ccc(F)cc2F)c(C(C)C)c1Cl. The maximum atomic E-state index is 13.9. The van der Waals surface area contributed by atoms with Crippen LogP contribution < -0.4 is 0 Å². The van der Waals surface area contributed by atoms with Gasteiger partial charge < -0.3 is 4.74 Å². The number of ether oxygens (including phenoxy) is 1. The molecule has 0 N–H and O–H groups in total. The maximum absolute atomic E-state index is 13.9. The Balaban J connectivity index is 2.70. The fourth-order valence-corrected chi connectivity index (χ4v) is 2.39. The van der Waals surface area contributed by atoms with Crippen molar-refractivity contribution in [1.29, 1.82) is 0 Å². The summed E-state index contributed by atoms with van der Waals surface area (Å²) in [5.41, 5.74) is 0.353. The molecule has 0 saturated carbocycles. The van der Waals surface area contributed by atoms with Gasteiger partial charge in [-0.25, -0.2) is 18.3 Å². The Hall–Kier alpha value is -1.95. The zero-order valence-electron chi connectivity index (χ0n) is 11.7. The van der Waals surface area contributed by atoms with Gasteiger partial charge in [0.25, 0.3) is 0 Å². The van der Waals surface area contributed by atoms with Crippen molar-refractivity contribution in [1.82, 2.24) is 9.78 Å². The van der Waals surface area contributed by atoms with Crippen LogP contribution in [-0.4, -0.2) is 22.9 Å². The molecule has 0 bridgehead atoms. The number of benzene rings is 1. The first-order valence-corrected chi connectivity index (χ1v) is 6.56. The average Bonchev–Trinajstić information content (AvgIpc) is 2.75. The van der Waals surface area contributed by atoms with E-state index in [1.807, 2.05) is 13.8 Å². The molecule has 0 aliphatic heterocycles. The number of aromatic nitrogens is 2. The lowest BCUT2D eigenvalue weighted by Gasteiger charge is -2.11. The molecule has 1 heterocycles. The highest BCUT2D eigenvalue weighted by molar-refractivity contribution is 6.34. The Labute approximate surface area is 125 Å². The van der Waals surface area contributed by atoms with Gasteiger partial charge in [-0.1, -0.05) is 25.4 Å². The van der Waals surface area contributed by atoms with Crippen LogP contribution in [0.5, 0.6) is 0 Å². The molecule has 1 aromatic heterocycles. The number of carbonyl (C=O) groups excluding carboxylic acids is 1. The third-order valence-electron chi connectivity index (χ3n) is 2.92. The van der Waals surface area contributed by atoms with Crippen LogP contribution >= 0.6 is 11.6 Å². The van der Waals surface area contributed by atoms with Gasteiger partial charge in [0.15, 0.2) is 11.5 Å². The monoisotopic (exact) mass is 314 g/mol. The summed E-state index contributed by atoms with van der Waals surface area (Å²) in [6, 6.07) is 3.09. The lowest BCUT2D eigenvalue weighted by atomic mass is 10.1. The fraction of sp³-hybridized carbons (Fsp3) is 0.286. The van der Waals surface area contributed by atoms with E-state index in [2.05, 4.69) is 9.84 Å². The van der Waals surface area contributed by atoms with Gasteiger partial charge in [0.2, 0.25) is 0 Å². The van der Waals surface area contributed by atoms with Crippen molar-refractivity contribution in [3.63, 3.8) is 0 Å². The molecular weight excluding hydrogens is 302 g/mol. The van der Waals surface area contributed by atoms with Crippen molar-refractivity contribution < 1.29 is 18.3 Å². The van der Waals surface area contributed by atoms with Gasteiger partial charge >= 0.3 is 5.97 Å². The van der Waals surface area contributed by atoms with Gasteiger partial charge in [0, 0.05) is 6.07 Å². The number of nitrogens with zero attached hydrogens (tertiary/aromatic N) is 2. The van der Waals surface area contributed by atoms with Gasteiger partial charge in [0.1, 0.15) is 11.5 Å². The van der Waals surface area contributed by atoms with Crippen LogP contribution in [0, 0.1) is 11.6 Å². The summed E-state index contributed by atoms with van der Waals surface area (Å²) in [5.74, 6) is -2.35. The van der Waals surface area contributed by atoms with E-state index in [-0.39, 0.29) is 22.3 Å². The first-order chi connectivity index (χ1) is 9.86. The van der Waals surface area contributed by atoms with Crippen LogP contribution in [0.15, 0.2) is 18.2 Å². The summed E-state index contributed by atoms with van der Waals surface area (Å²) < 4.78 is 32.8. The highest BCUT2D eigenvalue weighted by Gasteiger charge is 2.25. The van der Waals surface area contributed by atoms with Crippen molar-refractivity contribution >= 4 is 17.6 Å². The molecule has 0 aliphatic carbocycles. The Morgan fingerprint density at radius 1 is 1.38 bits per heavy atom. The Kier molecular flexibility index (Phi) is 4.27. The molecule has 0 atom stereocenters. The smallest absolute Gasteiger partial charge is 0.360 e. The molecule has 112 valence electrons. The van der Waals surface area contributed by atoms with Crippen molar-refractivity contribution in [3.8, 4) is 5.69 Å². The molecule has 0 saturated heterocycles. The Bertz CT molecular complexity index is 699. The first kappa shape index (κ1) is 15.4. The largest absolute Gasteiger partial charge is 0.464 e. The second-order valence-corrected chi connectivity index (χ2v) is 5.08. The molecule has 4 nitrogen and oxygen atoms in total. The van der Waals surface area contributed by atoms with Crippen LogP contribution in [-0.2, 0) is 4.74 Å². The maximum Gasteiger partial charge on any atom is 0.360 e. The van der Waals surface area contributed by atoms with Crippen molar-refractivity contribution in [2.24, 2.45) is 0 Å². The predicted molar refractivity (Wildman–Crippen MR) is 73.9 cm³/mol. The molecule has 0 amide bonds. The van der Waals surface area contributed by atoms with Crippen molar-refractivity contribution in [3.05, 3.63) is 46.2 Å². The number of methoxy groups -OCH3 is 1. The second kappa shape index (κ2) is 5.81. The van der Waals surface area contributed by atoms with Crippen LogP contribution in [0.4, 0.5) is 8.78 Å². The molecule has 0 unspecified atom stereocenters. The first-order valence-electron chi connectivity index (χ1n) is 6.19. The third kappa shape index (κ3) is 2.76. The molecule has 21 heavy (non-hydrogen) atoms. The number of esters is 1. The van der Waals surface area contributed by atoms with E-state index in [0.717, 1.165) is 12.1 Å². The molecule has 0 aliphatic rings. The molecule has 1 aromatic carbocycles. The van der Waals surface area contributed by atoms with Crippen molar-refractivity contribution in [2.45, 2.75) is 19.8 Å². The molecular formula is C14H13ClF2N2O2. The number of hydrogen-bond acceptors (Lipinski definition) is 3. The summed E-state index contributed by atoms with van der Waals surface area (Å²) in [6.45, 7) is 3.64. The summed E-state index contributed by atoms with van der Waals surface area (Å²) >= 11 is 6.15. The molecule has 0 radical (unpaired) electrons. The van der Waals surface area contributed by atoms with Gasteiger partial charge in [-0.15, -0.1) is 0 Å². The highest BCUT2D eigenvalue weighted by Crippen LogP contribution is 2.31. The summed E-state index contributed by atoms with van der Waals surface area (Å²) in [7, 11) is 1.20. The molecule has 0 fully saturated rings. The summed E-state index contributed by atoms with van der Waals surface area (Å²) in [5, 5.41) is 4.11. The molecule has 7 heteroatoms. The standard InChI is InChI=1S/C14H13ClF2N2O2/c1-7(2)13-11(15)12(14(20)21-3)18-19(13)10-5-4-8(16)6-9(10)17/h4-7H,1-3H3. The van der Waals surface area contributed by atoms with E-state index in [1.165, 1.54) is 17.9 Å². The minimum absolute atomic E-state index is 0.0113. The van der Waals surface area contributed by atoms with E-state index in [9.17, 15) is 13.6 Å². The van der Waals surface area contributed by atoms with Gasteiger partial charge in [-0.05, 0) is 18.1 Å². The fourth-order valence-electron chi connectivity index (χ4n) is 1.97. The van der Waals surface area contributed by atoms with E-state index < -0.39 is 17.6 Å². The topological polar surface area (TPSA) is 44.1 Å². The van der Waals surface area contributed by atoms with Gasteiger partial charge in [-0.3, -0.25) is 0 Å². The Morgan fingerprint density at radius 3 is 2.57 bits per heavy atom. The van der Waals surface area contributed by atoms with Gasteiger partial charge in [-0.2, -0.15) is 5.10 Å². The van der Waals surface area contributed by atoms with Gasteiger partial charge in [0.05, 0.1) is 17.8 Å². The molecule has 2 aromatic rings. The number of halogens is 3. The minimum atomic E-state index is -0.799. The van der Waals surface area contributed by atoms with Crippen LogP contribution in [0.1, 0.15) is 35.9 Å². The average molecular weight is 315 g/mol. The zero-order chi connectivity index (χ0) is 15.7. The van der Waals surface area contributed by atoms with E-state index >= 15 is 0 Å². The van der Waals surface area contributed by atoms with Crippen LogP contribution in [0.25, 0.3) is 5.69 Å². The third-order valence-corrected chi connectivity index (χ3v) is 3.30. The summed E-state index contributed by atoms with van der Waals surface area (Å²) in [4.78, 5) is 11.7. The lowest BCUT2D eigenvalue weighted by Crippen LogP contribution is -2.07. The molecule has 2 rings (SSSR count). The van der Waals surface area contributed by atoms with Crippen LogP contribution in [0.3, 0.4) is 0 Å². The van der Waals surface area contributed by atoms with E-state index in [4.69, 9.17) is 11.6 Å². The Morgan fingerprint density at radius 2 is 2.05 bits per heavy atom. The zero-order valence-corrected chi connectivity index (χ0v) is 12.4. The molecule has 0 spiro atoms. The predicted octanol–water partition coefficient (Wildman–Crippen LogP) is 3.71. The number of carbonyl (C=O) groups is 1. The normalized spacial score (nSPS) is 11.0. The summed E-state index contributed by atoms with van der Waals surface area (Å²) in [6.07, 6.45) is 0. The van der Waals surface area contributed by atoms with E-state index in [1.54, 1.807) is 0 Å². The quantitative estimate of drug-likeness (QED) is 0.811. The minimum Gasteiger partial charge on any atom is -0.464 e.